The number of benzene rings is 1. The maximum Gasteiger partial charge on any atom is 0.339 e. The molecule has 5 heteroatoms. The van der Waals surface area contributed by atoms with E-state index in [1.807, 2.05) is 18.2 Å². The van der Waals surface area contributed by atoms with Crippen LogP contribution in [0.25, 0.3) is 0 Å². The summed E-state index contributed by atoms with van der Waals surface area (Å²) < 4.78 is 0. The molecule has 2 aromatic rings. The molecule has 0 saturated carbocycles. The number of rotatable bonds is 5. The minimum absolute atomic E-state index is 0.133. The van der Waals surface area contributed by atoms with Crippen LogP contribution in [0.1, 0.15) is 21.6 Å². The molecule has 98 valence electrons. The van der Waals surface area contributed by atoms with Crippen molar-refractivity contribution in [3.05, 3.63) is 53.3 Å². The third-order valence-electron chi connectivity index (χ3n) is 2.75. The fourth-order valence-corrected chi connectivity index (χ4v) is 1.73. The molecule has 0 bridgehead atoms. The Labute approximate surface area is 111 Å². The number of carboxylic acid groups (broad SMARTS) is 1. The first-order valence-corrected chi connectivity index (χ1v) is 6.01. The molecule has 0 unspecified atom stereocenters. The lowest BCUT2D eigenvalue weighted by molar-refractivity contribution is 0.0695. The van der Waals surface area contributed by atoms with E-state index in [-0.39, 0.29) is 5.56 Å². The molecule has 1 aromatic carbocycles. The first-order valence-electron chi connectivity index (χ1n) is 6.01. The van der Waals surface area contributed by atoms with Gasteiger partial charge >= 0.3 is 5.97 Å². The number of hydrogen-bond donors (Lipinski definition) is 2. The van der Waals surface area contributed by atoms with Gasteiger partial charge in [0.25, 0.3) is 0 Å². The summed E-state index contributed by atoms with van der Waals surface area (Å²) in [5.74, 6) is -0.549. The van der Waals surface area contributed by atoms with Crippen LogP contribution >= 0.6 is 0 Å². The van der Waals surface area contributed by atoms with Gasteiger partial charge in [0.05, 0.1) is 11.3 Å². The number of carboxylic acids is 1. The predicted octanol–water partition coefficient (Wildman–Crippen LogP) is 2.14. The number of aromatic carboxylic acids is 1. The Hall–Kier alpha value is -2.43. The molecule has 5 nitrogen and oxygen atoms in total. The topological polar surface area (TPSA) is 75.1 Å². The molecule has 2 N–H and O–H groups in total. The summed E-state index contributed by atoms with van der Waals surface area (Å²) in [4.78, 5) is 18.9. The molecule has 0 amide bonds. The van der Waals surface area contributed by atoms with Crippen molar-refractivity contribution in [3.63, 3.8) is 0 Å². The highest BCUT2D eigenvalue weighted by molar-refractivity contribution is 5.88. The summed E-state index contributed by atoms with van der Waals surface area (Å²) >= 11 is 0. The Morgan fingerprint density at radius 2 is 2.05 bits per heavy atom. The number of hydrogen-bond acceptors (Lipinski definition) is 4. The van der Waals surface area contributed by atoms with Gasteiger partial charge in [-0.25, -0.2) is 14.8 Å². The predicted molar refractivity (Wildman–Crippen MR) is 72.4 cm³/mol. The van der Waals surface area contributed by atoms with Crippen molar-refractivity contribution in [1.82, 2.24) is 9.97 Å². The van der Waals surface area contributed by atoms with Crippen molar-refractivity contribution in [2.75, 3.05) is 11.9 Å². The van der Waals surface area contributed by atoms with Crippen LogP contribution in [0.15, 0.2) is 36.5 Å². The lowest BCUT2D eigenvalue weighted by Gasteiger charge is -2.06. The second kappa shape index (κ2) is 5.95. The van der Waals surface area contributed by atoms with Crippen molar-refractivity contribution in [1.29, 1.82) is 0 Å². The van der Waals surface area contributed by atoms with Gasteiger partial charge in [-0.2, -0.15) is 0 Å². The number of carbonyl (C=O) groups is 1. The van der Waals surface area contributed by atoms with Crippen LogP contribution in [0.5, 0.6) is 0 Å². The fourth-order valence-electron chi connectivity index (χ4n) is 1.73. The zero-order valence-corrected chi connectivity index (χ0v) is 10.6. The van der Waals surface area contributed by atoms with E-state index in [0.717, 1.165) is 6.42 Å². The van der Waals surface area contributed by atoms with E-state index < -0.39 is 5.97 Å². The Balaban J connectivity index is 1.93. The third-order valence-corrected chi connectivity index (χ3v) is 2.75. The van der Waals surface area contributed by atoms with Crippen molar-refractivity contribution in [2.45, 2.75) is 13.3 Å². The van der Waals surface area contributed by atoms with Crippen LogP contribution in [0.2, 0.25) is 0 Å². The molecule has 0 saturated heterocycles. The van der Waals surface area contributed by atoms with E-state index in [9.17, 15) is 4.79 Å². The number of nitrogens with one attached hydrogen (secondary N) is 1. The molecule has 19 heavy (non-hydrogen) atoms. The molecule has 0 aliphatic rings. The van der Waals surface area contributed by atoms with E-state index in [4.69, 9.17) is 5.11 Å². The minimum Gasteiger partial charge on any atom is -0.478 e. The average Bonchev–Trinajstić information content (AvgIpc) is 2.39. The SMILES string of the molecule is Cc1nc(NCCc2ccccc2)ncc1C(=O)O. The molecular weight excluding hydrogens is 242 g/mol. The number of aromatic nitrogens is 2. The van der Waals surface area contributed by atoms with Crippen molar-refractivity contribution in [2.24, 2.45) is 0 Å². The van der Waals surface area contributed by atoms with Gasteiger partial charge in [-0.3, -0.25) is 0 Å². The molecule has 1 heterocycles. The molecule has 0 aliphatic carbocycles. The molecule has 0 radical (unpaired) electrons. The van der Waals surface area contributed by atoms with Crippen LogP contribution in [0, 0.1) is 6.92 Å². The van der Waals surface area contributed by atoms with Gasteiger partial charge in [-0.05, 0) is 18.9 Å². The molecule has 2 rings (SSSR count). The summed E-state index contributed by atoms with van der Waals surface area (Å²) in [6, 6.07) is 10.1. The molecule has 0 fully saturated rings. The van der Waals surface area contributed by atoms with Crippen molar-refractivity contribution >= 4 is 11.9 Å². The maximum atomic E-state index is 10.8. The highest BCUT2D eigenvalue weighted by Gasteiger charge is 2.09. The molecule has 1 aromatic heterocycles. The highest BCUT2D eigenvalue weighted by atomic mass is 16.4. The van der Waals surface area contributed by atoms with E-state index in [1.165, 1.54) is 11.8 Å². The quantitative estimate of drug-likeness (QED) is 0.858. The van der Waals surface area contributed by atoms with Gasteiger partial charge in [-0.1, -0.05) is 30.3 Å². The Morgan fingerprint density at radius 3 is 2.68 bits per heavy atom. The summed E-state index contributed by atoms with van der Waals surface area (Å²) in [5, 5.41) is 12.0. The van der Waals surface area contributed by atoms with Gasteiger partial charge < -0.3 is 10.4 Å². The van der Waals surface area contributed by atoms with Crippen LogP contribution < -0.4 is 5.32 Å². The summed E-state index contributed by atoms with van der Waals surface area (Å²) in [7, 11) is 0. The number of aryl methyl sites for hydroxylation is 1. The number of nitrogens with zero attached hydrogens (tertiary/aromatic N) is 2. The lowest BCUT2D eigenvalue weighted by atomic mass is 10.1. The normalized spacial score (nSPS) is 10.2. The Bertz CT molecular complexity index is 570. The van der Waals surface area contributed by atoms with E-state index in [1.54, 1.807) is 6.92 Å². The summed E-state index contributed by atoms with van der Waals surface area (Å²) in [5.41, 5.74) is 1.83. The molecule has 0 aliphatic heterocycles. The van der Waals surface area contributed by atoms with E-state index in [2.05, 4.69) is 27.4 Å². The average molecular weight is 257 g/mol. The maximum absolute atomic E-state index is 10.8. The monoisotopic (exact) mass is 257 g/mol. The zero-order chi connectivity index (χ0) is 13.7. The lowest BCUT2D eigenvalue weighted by Crippen LogP contribution is -2.10. The van der Waals surface area contributed by atoms with E-state index >= 15 is 0 Å². The third kappa shape index (κ3) is 3.51. The van der Waals surface area contributed by atoms with Crippen molar-refractivity contribution in [3.8, 4) is 0 Å². The van der Waals surface area contributed by atoms with Crippen LogP contribution in [0.3, 0.4) is 0 Å². The second-order valence-corrected chi connectivity index (χ2v) is 4.16. The van der Waals surface area contributed by atoms with Crippen LogP contribution in [-0.2, 0) is 6.42 Å². The fraction of sp³-hybridized carbons (Fsp3) is 0.214. The van der Waals surface area contributed by atoms with Crippen LogP contribution in [-0.4, -0.2) is 27.6 Å². The smallest absolute Gasteiger partial charge is 0.339 e. The first-order chi connectivity index (χ1) is 9.16. The van der Waals surface area contributed by atoms with Crippen molar-refractivity contribution < 1.29 is 9.90 Å². The first kappa shape index (κ1) is 13.0. The molecule has 0 atom stereocenters. The van der Waals surface area contributed by atoms with Gasteiger partial charge in [0.15, 0.2) is 0 Å². The second-order valence-electron chi connectivity index (χ2n) is 4.16. The summed E-state index contributed by atoms with van der Waals surface area (Å²) in [6.07, 6.45) is 2.19. The summed E-state index contributed by atoms with van der Waals surface area (Å²) in [6.45, 7) is 2.36. The zero-order valence-electron chi connectivity index (χ0n) is 10.6. The largest absolute Gasteiger partial charge is 0.478 e. The van der Waals surface area contributed by atoms with Gasteiger partial charge in [0, 0.05) is 12.7 Å². The van der Waals surface area contributed by atoms with Gasteiger partial charge in [0.1, 0.15) is 0 Å². The van der Waals surface area contributed by atoms with Crippen LogP contribution in [0.4, 0.5) is 5.95 Å². The standard InChI is InChI=1S/C14H15N3O2/c1-10-12(13(18)19)9-16-14(17-10)15-8-7-11-5-3-2-4-6-11/h2-6,9H,7-8H2,1H3,(H,18,19)(H,15,16,17). The minimum atomic E-state index is -1.01. The Kier molecular flexibility index (Phi) is 4.07. The number of anilines is 1. The van der Waals surface area contributed by atoms with Gasteiger partial charge in [-0.15, -0.1) is 0 Å². The Morgan fingerprint density at radius 1 is 1.32 bits per heavy atom. The van der Waals surface area contributed by atoms with Gasteiger partial charge in [0.2, 0.25) is 5.95 Å². The van der Waals surface area contributed by atoms with E-state index in [0.29, 0.717) is 18.2 Å². The highest BCUT2D eigenvalue weighted by Crippen LogP contribution is 2.07. The molecule has 0 spiro atoms. The molecular formula is C14H15N3O2.